The molecule has 0 aliphatic heterocycles. The van der Waals surface area contributed by atoms with Crippen LogP contribution in [0.4, 0.5) is 0 Å². The van der Waals surface area contributed by atoms with Crippen molar-refractivity contribution in [3.63, 3.8) is 0 Å². The molecule has 7 rings (SSSR count). The lowest BCUT2D eigenvalue weighted by Crippen LogP contribution is -2.14. The number of nitrogens with zero attached hydrogens (tertiary/aromatic N) is 2. The second kappa shape index (κ2) is 13.7. The topological polar surface area (TPSA) is 131 Å². The first-order valence-electron chi connectivity index (χ1n) is 14.7. The van der Waals surface area contributed by atoms with Crippen LogP contribution in [0.1, 0.15) is 41.4 Å². The Hall–Kier alpha value is -4.68. The number of benzene rings is 5. The van der Waals surface area contributed by atoms with E-state index in [1.165, 1.54) is 63.0 Å². The van der Waals surface area contributed by atoms with Crippen LogP contribution < -0.4 is 9.47 Å². The highest BCUT2D eigenvalue weighted by atomic mass is 35.5. The molecule has 10 nitrogen and oxygen atoms in total. The number of ether oxygens (including phenoxy) is 4. The summed E-state index contributed by atoms with van der Waals surface area (Å²) in [6.45, 7) is 0. The zero-order chi connectivity index (χ0) is 37.2. The lowest BCUT2D eigenvalue weighted by Gasteiger charge is -2.19. The molecule has 16 heteroatoms. The Morgan fingerprint density at radius 3 is 1.15 bits per heavy atom. The smallest absolute Gasteiger partial charge is 0.344 e. The van der Waals surface area contributed by atoms with E-state index in [0.29, 0.717) is 21.5 Å². The maximum absolute atomic E-state index is 13.8. The third-order valence-corrected chi connectivity index (χ3v) is 9.70. The van der Waals surface area contributed by atoms with E-state index in [0.717, 1.165) is 0 Å². The summed E-state index contributed by atoms with van der Waals surface area (Å²) in [4.78, 5) is 63.2. The monoisotopic (exact) mass is 814 g/mol. The molecule has 0 aliphatic rings. The molecule has 2 heterocycles. The van der Waals surface area contributed by atoms with Crippen LogP contribution in [0.5, 0.6) is 11.5 Å². The number of halogens is 6. The Morgan fingerprint density at radius 1 is 0.481 bits per heavy atom. The third kappa shape index (κ3) is 5.85. The Bertz CT molecular complexity index is 2470. The second-order valence-electron chi connectivity index (χ2n) is 11.0. The van der Waals surface area contributed by atoms with E-state index in [2.05, 4.69) is 9.97 Å². The number of hydrogen-bond acceptors (Lipinski definition) is 10. The molecular formula is C36H16Cl6N2O8. The van der Waals surface area contributed by atoms with Gasteiger partial charge < -0.3 is 18.9 Å². The summed E-state index contributed by atoms with van der Waals surface area (Å²) in [5, 5.41) is 2.03. The van der Waals surface area contributed by atoms with Crippen LogP contribution in [0.25, 0.3) is 43.4 Å². The van der Waals surface area contributed by atoms with E-state index in [4.69, 9.17) is 88.6 Å². The number of methoxy groups -OCH3 is 2. The molecule has 0 saturated carbocycles. The van der Waals surface area contributed by atoms with Gasteiger partial charge in [-0.2, -0.15) is 0 Å². The minimum atomic E-state index is -0.914. The van der Waals surface area contributed by atoms with E-state index in [1.807, 2.05) is 0 Å². The number of carbonyl (C=O) groups excluding carboxylic acids is 4. The number of rotatable bonds is 6. The number of carbonyl (C=O) groups is 4. The zero-order valence-electron chi connectivity index (χ0n) is 26.2. The van der Waals surface area contributed by atoms with Gasteiger partial charge in [0.25, 0.3) is 0 Å². The van der Waals surface area contributed by atoms with Crippen LogP contribution in [0, 0.1) is 0 Å². The summed E-state index contributed by atoms with van der Waals surface area (Å²) in [7, 11) is 2.36. The highest BCUT2D eigenvalue weighted by molar-refractivity contribution is 6.42. The van der Waals surface area contributed by atoms with Crippen molar-refractivity contribution in [3.05, 3.63) is 113 Å². The van der Waals surface area contributed by atoms with Crippen molar-refractivity contribution >= 4 is 137 Å². The molecule has 0 bridgehead atoms. The molecule has 0 radical (unpaired) electrons. The second-order valence-corrected chi connectivity index (χ2v) is 13.5. The van der Waals surface area contributed by atoms with E-state index in [-0.39, 0.29) is 85.7 Å². The molecule has 0 saturated heterocycles. The van der Waals surface area contributed by atoms with E-state index < -0.39 is 23.9 Å². The first-order valence-corrected chi connectivity index (χ1v) is 16.9. The summed E-state index contributed by atoms with van der Waals surface area (Å²) in [6, 6.07) is 11.4. The largest absolute Gasteiger partial charge is 0.465 e. The quantitative estimate of drug-likeness (QED) is 0.0692. The Morgan fingerprint density at radius 2 is 0.827 bits per heavy atom. The molecule has 0 unspecified atom stereocenters. The Labute approximate surface area is 322 Å². The highest BCUT2D eigenvalue weighted by Crippen LogP contribution is 2.44. The fourth-order valence-corrected chi connectivity index (χ4v) is 7.78. The average molecular weight is 817 g/mol. The summed E-state index contributed by atoms with van der Waals surface area (Å²) in [5.74, 6) is -3.72. The Balaban J connectivity index is 1.52. The maximum Gasteiger partial charge on any atom is 0.344 e. The number of hydrogen-bond donors (Lipinski definition) is 0. The van der Waals surface area contributed by atoms with Gasteiger partial charge >= 0.3 is 23.9 Å². The van der Waals surface area contributed by atoms with E-state index in [1.54, 1.807) is 12.1 Å². The van der Waals surface area contributed by atoms with Crippen LogP contribution >= 0.6 is 69.6 Å². The van der Waals surface area contributed by atoms with Crippen molar-refractivity contribution in [1.29, 1.82) is 0 Å². The molecular weight excluding hydrogens is 801 g/mol. The molecule has 0 amide bonds. The molecule has 0 spiro atoms. The molecule has 0 aliphatic carbocycles. The summed E-state index contributed by atoms with van der Waals surface area (Å²) < 4.78 is 21.4. The molecule has 0 atom stereocenters. The van der Waals surface area contributed by atoms with Crippen molar-refractivity contribution in [1.82, 2.24) is 9.97 Å². The zero-order valence-corrected chi connectivity index (χ0v) is 30.7. The highest BCUT2D eigenvalue weighted by Gasteiger charge is 2.29. The summed E-state index contributed by atoms with van der Waals surface area (Å²) >= 11 is 37.3. The maximum atomic E-state index is 13.8. The van der Waals surface area contributed by atoms with Crippen molar-refractivity contribution in [2.75, 3.05) is 14.2 Å². The molecule has 0 N–H and O–H groups in total. The van der Waals surface area contributed by atoms with Crippen LogP contribution in [0.3, 0.4) is 0 Å². The molecule has 52 heavy (non-hydrogen) atoms. The number of fused-ring (bicyclic) bond motifs is 2. The lowest BCUT2D eigenvalue weighted by atomic mass is 9.89. The van der Waals surface area contributed by atoms with Crippen molar-refractivity contribution < 1.29 is 38.1 Å². The standard InChI is InChI=1S/C36H16Cl6N2O8/c1-49-33(45)19-11-43-29-16-4-6-18(36(48)52-32-23(41)9-14(38)10-24(32)42)26-20(34(46)50-2)12-44-30(28(16)26)15-3-5-17(25(19)27(15)29)35(47)51-31-21(39)7-13(37)8-22(31)40/h3-12H,1-2H3. The van der Waals surface area contributed by atoms with Crippen LogP contribution in [-0.4, -0.2) is 48.1 Å². The molecule has 5 aromatic carbocycles. The predicted octanol–water partition coefficient (Wildman–Crippen LogP) is 10.5. The van der Waals surface area contributed by atoms with Gasteiger partial charge in [0, 0.05) is 54.8 Å². The summed E-state index contributed by atoms with van der Waals surface area (Å²) in [6.07, 6.45) is 2.49. The summed E-state index contributed by atoms with van der Waals surface area (Å²) in [5.41, 5.74) is 0.303. The van der Waals surface area contributed by atoms with Crippen LogP contribution in [0.15, 0.2) is 60.9 Å². The lowest BCUT2D eigenvalue weighted by molar-refractivity contribution is 0.0593. The fraction of sp³-hybridized carbons (Fsp3) is 0.0556. The van der Waals surface area contributed by atoms with Gasteiger partial charge in [-0.3, -0.25) is 9.97 Å². The number of esters is 4. The Kier molecular flexibility index (Phi) is 9.41. The SMILES string of the molecule is COC(=O)c1cnc2c3ccc(C(=O)Oc4c(Cl)cc(Cl)cc4Cl)c4c(C(=O)OC)cnc(c5ccc(C(=O)Oc6c(Cl)cc(Cl)cc6Cl)c1c52)c43. The van der Waals surface area contributed by atoms with E-state index >= 15 is 0 Å². The van der Waals surface area contributed by atoms with Gasteiger partial charge in [0.1, 0.15) is 0 Å². The third-order valence-electron chi connectivity index (χ3n) is 8.14. The first kappa shape index (κ1) is 35.7. The van der Waals surface area contributed by atoms with Gasteiger partial charge in [0.05, 0.1) is 67.6 Å². The van der Waals surface area contributed by atoms with Gasteiger partial charge in [0.15, 0.2) is 11.5 Å². The predicted molar refractivity (Wildman–Crippen MR) is 199 cm³/mol. The van der Waals surface area contributed by atoms with Gasteiger partial charge in [-0.15, -0.1) is 0 Å². The van der Waals surface area contributed by atoms with Crippen LogP contribution in [0.2, 0.25) is 30.1 Å². The van der Waals surface area contributed by atoms with Gasteiger partial charge in [-0.05, 0) is 36.4 Å². The number of pyridine rings is 2. The molecule has 0 fully saturated rings. The average Bonchev–Trinajstić information content (AvgIpc) is 3.11. The van der Waals surface area contributed by atoms with Gasteiger partial charge in [-0.1, -0.05) is 81.7 Å². The van der Waals surface area contributed by atoms with Gasteiger partial charge in [0.2, 0.25) is 0 Å². The van der Waals surface area contributed by atoms with Gasteiger partial charge in [-0.25, -0.2) is 19.2 Å². The van der Waals surface area contributed by atoms with Crippen molar-refractivity contribution in [2.24, 2.45) is 0 Å². The minimum absolute atomic E-state index is 0.0235. The fourth-order valence-electron chi connectivity index (χ4n) is 5.99. The number of aromatic nitrogens is 2. The molecule has 260 valence electrons. The van der Waals surface area contributed by atoms with Crippen molar-refractivity contribution in [3.8, 4) is 11.5 Å². The minimum Gasteiger partial charge on any atom is -0.465 e. The molecule has 7 aromatic rings. The molecule has 2 aromatic heterocycles. The first-order chi connectivity index (χ1) is 24.8. The normalized spacial score (nSPS) is 11.4. The van der Waals surface area contributed by atoms with E-state index in [9.17, 15) is 19.2 Å². The van der Waals surface area contributed by atoms with Crippen LogP contribution in [-0.2, 0) is 9.47 Å². The van der Waals surface area contributed by atoms with Crippen molar-refractivity contribution in [2.45, 2.75) is 0 Å².